The third-order valence-electron chi connectivity index (χ3n) is 9.58. The van der Waals surface area contributed by atoms with Gasteiger partial charge in [-0.2, -0.15) is 0 Å². The van der Waals surface area contributed by atoms with Crippen LogP contribution in [0.25, 0.3) is 66.1 Å². The highest BCUT2D eigenvalue weighted by Crippen LogP contribution is 2.39. The number of nitrogens with zero attached hydrogens (tertiary/aromatic N) is 2. The number of para-hydroxylation sites is 2. The quantitative estimate of drug-likeness (QED) is 0.203. The first-order chi connectivity index (χ1) is 24.8. The summed E-state index contributed by atoms with van der Waals surface area (Å²) in [6.07, 6.45) is -0.518. The van der Waals surface area contributed by atoms with Crippen LogP contribution in [0.2, 0.25) is 0 Å². The van der Waals surface area contributed by atoms with Crippen LogP contribution >= 0.6 is 0 Å². The fraction of sp³-hybridized carbons (Fsp3) is 0.0222. The second-order valence-corrected chi connectivity index (χ2v) is 12.6. The Bertz CT molecular complexity index is 2770. The second-order valence-electron chi connectivity index (χ2n) is 12.6. The molecule has 0 amide bonds. The molecule has 0 spiro atoms. The third kappa shape index (κ3) is 4.71. The zero-order valence-electron chi connectivity index (χ0n) is 26.9. The molecule has 3 heterocycles. The molecule has 1 atom stereocenters. The first kappa shape index (κ1) is 28.3. The molecule has 50 heavy (non-hydrogen) atoms. The van der Waals surface area contributed by atoms with Gasteiger partial charge in [-0.05, 0) is 52.6 Å². The van der Waals surface area contributed by atoms with E-state index in [-0.39, 0.29) is 0 Å². The van der Waals surface area contributed by atoms with Crippen LogP contribution in [-0.4, -0.2) is 11.7 Å². The molecule has 1 unspecified atom stereocenters. The molecule has 0 fully saturated rings. The summed E-state index contributed by atoms with van der Waals surface area (Å²) in [6.45, 7) is 0. The first-order valence-electron chi connectivity index (χ1n) is 16.8. The monoisotopic (exact) mass is 643 g/mol. The van der Waals surface area contributed by atoms with Crippen LogP contribution in [0, 0.1) is 0 Å². The van der Waals surface area contributed by atoms with Crippen LogP contribution in [0.3, 0.4) is 0 Å². The molecule has 9 aromatic rings. The van der Waals surface area contributed by atoms with Crippen molar-refractivity contribution in [2.45, 2.75) is 6.17 Å². The lowest BCUT2D eigenvalue weighted by atomic mass is 9.98. The predicted octanol–water partition coefficient (Wildman–Crippen LogP) is 11.3. The fourth-order valence-corrected chi connectivity index (χ4v) is 7.14. The Balaban J connectivity index is 1.10. The highest BCUT2D eigenvalue weighted by atomic mass is 16.3. The van der Waals surface area contributed by atoms with Crippen molar-refractivity contribution < 1.29 is 8.83 Å². The van der Waals surface area contributed by atoms with Gasteiger partial charge in [-0.25, -0.2) is 9.98 Å². The molecule has 0 bridgehead atoms. The van der Waals surface area contributed by atoms with E-state index in [2.05, 4.69) is 115 Å². The molecule has 2 aromatic heterocycles. The molecule has 1 aliphatic heterocycles. The lowest BCUT2D eigenvalue weighted by molar-refractivity contribution is 0.666. The minimum atomic E-state index is -0.518. The van der Waals surface area contributed by atoms with Crippen molar-refractivity contribution >= 4 is 55.5 Å². The van der Waals surface area contributed by atoms with Gasteiger partial charge in [-0.3, -0.25) is 0 Å². The molecule has 1 N–H and O–H groups in total. The van der Waals surface area contributed by atoms with Crippen molar-refractivity contribution in [3.8, 4) is 22.3 Å². The largest absolute Gasteiger partial charge is 0.456 e. The fourth-order valence-electron chi connectivity index (χ4n) is 7.14. The van der Waals surface area contributed by atoms with Crippen molar-refractivity contribution in [3.63, 3.8) is 0 Å². The van der Waals surface area contributed by atoms with E-state index in [1.807, 2.05) is 54.6 Å². The zero-order chi connectivity index (χ0) is 33.0. The summed E-state index contributed by atoms with van der Waals surface area (Å²) in [6, 6.07) is 56.3. The summed E-state index contributed by atoms with van der Waals surface area (Å²) >= 11 is 0. The number of fused-ring (bicyclic) bond motifs is 6. The van der Waals surface area contributed by atoms with Crippen LogP contribution in [0.5, 0.6) is 0 Å². The maximum Gasteiger partial charge on any atom is 0.170 e. The van der Waals surface area contributed by atoms with Crippen molar-refractivity contribution in [1.82, 2.24) is 5.32 Å². The second kappa shape index (κ2) is 11.5. The maximum atomic E-state index is 6.53. The Kier molecular flexibility index (Phi) is 6.49. The molecule has 5 nitrogen and oxygen atoms in total. The SMILES string of the molecule is c1ccc(C2=NC(c3cccc4oc5cc(-c6ccc(-c7ccccc7)cc6)ccc5c34)N=C(c3cccc4c3oc3ccccc34)N2)cc1. The Hall–Kier alpha value is -6.72. The Morgan fingerprint density at radius 3 is 1.86 bits per heavy atom. The minimum absolute atomic E-state index is 0.518. The molecule has 5 heteroatoms. The summed E-state index contributed by atoms with van der Waals surface area (Å²) in [5.41, 5.74) is 10.8. The number of aliphatic imine (C=N–C) groups is 2. The van der Waals surface area contributed by atoms with Crippen LogP contribution in [-0.2, 0) is 0 Å². The van der Waals surface area contributed by atoms with Gasteiger partial charge in [-0.15, -0.1) is 0 Å². The van der Waals surface area contributed by atoms with Gasteiger partial charge in [0.25, 0.3) is 0 Å². The summed E-state index contributed by atoms with van der Waals surface area (Å²) in [4.78, 5) is 10.5. The average molecular weight is 644 g/mol. The van der Waals surface area contributed by atoms with E-state index in [4.69, 9.17) is 18.8 Å². The molecule has 10 rings (SSSR count). The van der Waals surface area contributed by atoms with E-state index in [0.29, 0.717) is 5.84 Å². The first-order valence-corrected chi connectivity index (χ1v) is 16.8. The van der Waals surface area contributed by atoms with E-state index in [1.165, 1.54) is 11.1 Å². The van der Waals surface area contributed by atoms with Crippen molar-refractivity contribution in [1.29, 1.82) is 0 Å². The van der Waals surface area contributed by atoms with Gasteiger partial charge >= 0.3 is 0 Å². The number of hydrogen-bond acceptors (Lipinski definition) is 5. The Labute approximate surface area is 287 Å². The van der Waals surface area contributed by atoms with Crippen molar-refractivity contribution in [2.24, 2.45) is 9.98 Å². The number of benzene rings is 7. The van der Waals surface area contributed by atoms with Crippen LogP contribution in [0.1, 0.15) is 22.9 Å². The summed E-state index contributed by atoms with van der Waals surface area (Å²) < 4.78 is 13.0. The summed E-state index contributed by atoms with van der Waals surface area (Å²) in [7, 11) is 0. The lowest BCUT2D eigenvalue weighted by Crippen LogP contribution is -2.36. The van der Waals surface area contributed by atoms with Gasteiger partial charge in [0.1, 0.15) is 34.0 Å². The normalized spacial score (nSPS) is 14.6. The van der Waals surface area contributed by atoms with Gasteiger partial charge < -0.3 is 14.2 Å². The van der Waals surface area contributed by atoms with Crippen molar-refractivity contribution in [3.05, 3.63) is 180 Å². The third-order valence-corrected chi connectivity index (χ3v) is 9.58. The van der Waals surface area contributed by atoms with Crippen molar-refractivity contribution in [2.75, 3.05) is 0 Å². The number of rotatable bonds is 5. The molecule has 0 saturated carbocycles. The molecule has 0 radical (unpaired) electrons. The lowest BCUT2D eigenvalue weighted by Gasteiger charge is -2.22. The zero-order valence-corrected chi connectivity index (χ0v) is 26.9. The standard InChI is InChI=1S/C45H29N3O2/c1-3-11-28(12-4-1)29-21-23-30(24-22-29)32-25-26-35-40(27-32)49-39-20-10-17-36(41(35)39)44-46-43(31-13-5-2-6-14-31)47-45(48-44)37-18-9-16-34-33-15-7-8-19-38(33)50-42(34)37/h1-27,44H,(H,46,47,48). The minimum Gasteiger partial charge on any atom is -0.456 e. The van der Waals surface area contributed by atoms with E-state index in [1.54, 1.807) is 0 Å². The Morgan fingerprint density at radius 2 is 1.04 bits per heavy atom. The molecule has 0 saturated heterocycles. The van der Waals surface area contributed by atoms with Gasteiger partial charge in [0.15, 0.2) is 6.17 Å². The van der Waals surface area contributed by atoms with E-state index >= 15 is 0 Å². The smallest absolute Gasteiger partial charge is 0.170 e. The van der Waals surface area contributed by atoms with Gasteiger partial charge in [0, 0.05) is 32.7 Å². The van der Waals surface area contributed by atoms with E-state index in [9.17, 15) is 0 Å². The molecule has 7 aromatic carbocycles. The molecule has 236 valence electrons. The summed E-state index contributed by atoms with van der Waals surface area (Å²) in [5, 5.41) is 7.74. The van der Waals surface area contributed by atoms with Gasteiger partial charge in [0.05, 0.1) is 5.56 Å². The number of hydrogen-bond donors (Lipinski definition) is 1. The Morgan fingerprint density at radius 1 is 0.420 bits per heavy atom. The number of furan rings is 2. The molecular formula is C45H29N3O2. The predicted molar refractivity (Wildman–Crippen MR) is 204 cm³/mol. The molecular weight excluding hydrogens is 615 g/mol. The molecule has 1 aliphatic rings. The van der Waals surface area contributed by atoms with E-state index < -0.39 is 6.17 Å². The van der Waals surface area contributed by atoms with E-state index in [0.717, 1.165) is 77.5 Å². The maximum absolute atomic E-state index is 6.53. The topological polar surface area (TPSA) is 63.0 Å². The van der Waals surface area contributed by atoms with Crippen LogP contribution < -0.4 is 5.32 Å². The number of amidine groups is 2. The van der Waals surface area contributed by atoms with Gasteiger partial charge in [0.2, 0.25) is 0 Å². The highest BCUT2D eigenvalue weighted by molar-refractivity contribution is 6.21. The number of nitrogens with one attached hydrogen (secondary N) is 1. The van der Waals surface area contributed by atoms with Crippen LogP contribution in [0.15, 0.2) is 183 Å². The highest BCUT2D eigenvalue weighted by Gasteiger charge is 2.26. The summed E-state index contributed by atoms with van der Waals surface area (Å²) in [5.74, 6) is 1.46. The van der Waals surface area contributed by atoms with Crippen LogP contribution in [0.4, 0.5) is 0 Å². The van der Waals surface area contributed by atoms with Gasteiger partial charge in [-0.1, -0.05) is 133 Å². The average Bonchev–Trinajstić information content (AvgIpc) is 3.77. The molecule has 0 aliphatic carbocycles.